The van der Waals surface area contributed by atoms with Crippen molar-refractivity contribution in [1.82, 2.24) is 4.98 Å². The summed E-state index contributed by atoms with van der Waals surface area (Å²) in [6.07, 6.45) is 1.38. The molecular formula is C14H15ClN2O2S. The van der Waals surface area contributed by atoms with Gasteiger partial charge >= 0.3 is 0 Å². The molecule has 0 bridgehead atoms. The average Bonchev–Trinajstić information content (AvgIpc) is 2.36. The standard InChI is InChI=1S/C14H15ClN2O2S/c1-10-6-11(2)8-12(7-10)17(3)20(18,19)13-4-5-16-14(15)9-13/h4-9H,1-3H3. The molecule has 0 aliphatic rings. The molecule has 106 valence electrons. The Morgan fingerprint density at radius 1 is 1.10 bits per heavy atom. The maximum atomic E-state index is 12.5. The highest BCUT2D eigenvalue weighted by atomic mass is 35.5. The lowest BCUT2D eigenvalue weighted by Gasteiger charge is -2.20. The monoisotopic (exact) mass is 310 g/mol. The number of halogens is 1. The molecule has 0 aliphatic heterocycles. The molecule has 0 N–H and O–H groups in total. The van der Waals surface area contributed by atoms with Crippen LogP contribution in [0.15, 0.2) is 41.4 Å². The quantitative estimate of drug-likeness (QED) is 0.818. The first-order valence-electron chi connectivity index (χ1n) is 5.99. The Morgan fingerprint density at radius 3 is 2.25 bits per heavy atom. The van der Waals surface area contributed by atoms with Crippen LogP contribution < -0.4 is 4.31 Å². The molecule has 0 saturated heterocycles. The predicted molar refractivity (Wildman–Crippen MR) is 80.8 cm³/mol. The Bertz CT molecular complexity index is 724. The van der Waals surface area contributed by atoms with Gasteiger partial charge in [0.1, 0.15) is 5.15 Å². The number of sulfonamides is 1. The zero-order valence-corrected chi connectivity index (χ0v) is 13.0. The summed E-state index contributed by atoms with van der Waals surface area (Å²) in [4.78, 5) is 3.92. The van der Waals surface area contributed by atoms with Gasteiger partial charge in [0.25, 0.3) is 10.0 Å². The van der Waals surface area contributed by atoms with Gasteiger partial charge in [-0.05, 0) is 49.2 Å². The van der Waals surface area contributed by atoms with Crippen LogP contribution in [0.25, 0.3) is 0 Å². The molecule has 0 atom stereocenters. The van der Waals surface area contributed by atoms with Crippen molar-refractivity contribution in [2.75, 3.05) is 11.4 Å². The molecule has 2 aromatic rings. The van der Waals surface area contributed by atoms with E-state index in [4.69, 9.17) is 11.6 Å². The summed E-state index contributed by atoms with van der Waals surface area (Å²) in [5, 5.41) is 0.153. The number of pyridine rings is 1. The van der Waals surface area contributed by atoms with Gasteiger partial charge in [0.2, 0.25) is 0 Å². The van der Waals surface area contributed by atoms with Crippen LogP contribution in [-0.2, 0) is 10.0 Å². The lowest BCUT2D eigenvalue weighted by atomic mass is 10.1. The third-order valence-electron chi connectivity index (χ3n) is 2.93. The van der Waals surface area contributed by atoms with Crippen LogP contribution in [0.1, 0.15) is 11.1 Å². The number of anilines is 1. The third-order valence-corrected chi connectivity index (χ3v) is 4.91. The highest BCUT2D eigenvalue weighted by Gasteiger charge is 2.22. The molecule has 0 amide bonds. The maximum absolute atomic E-state index is 12.5. The van der Waals surface area contributed by atoms with Crippen LogP contribution in [0, 0.1) is 13.8 Å². The minimum atomic E-state index is -3.64. The fourth-order valence-corrected chi connectivity index (χ4v) is 3.41. The summed E-state index contributed by atoms with van der Waals surface area (Å²) in [7, 11) is -2.11. The molecular weight excluding hydrogens is 296 g/mol. The summed E-state index contributed by atoms with van der Waals surface area (Å²) in [6, 6.07) is 8.42. The average molecular weight is 311 g/mol. The zero-order valence-electron chi connectivity index (χ0n) is 11.5. The van der Waals surface area contributed by atoms with Crippen molar-refractivity contribution >= 4 is 27.3 Å². The van der Waals surface area contributed by atoms with E-state index in [9.17, 15) is 8.42 Å². The van der Waals surface area contributed by atoms with Crippen LogP contribution >= 0.6 is 11.6 Å². The Kier molecular flexibility index (Phi) is 4.01. The third kappa shape index (κ3) is 2.94. The van der Waals surface area contributed by atoms with Crippen LogP contribution in [0.2, 0.25) is 5.15 Å². The van der Waals surface area contributed by atoms with E-state index >= 15 is 0 Å². The van der Waals surface area contributed by atoms with Crippen molar-refractivity contribution in [1.29, 1.82) is 0 Å². The van der Waals surface area contributed by atoms with Gasteiger partial charge in [0.15, 0.2) is 0 Å². The summed E-state index contributed by atoms with van der Waals surface area (Å²) in [6.45, 7) is 3.86. The molecule has 1 aromatic carbocycles. The minimum Gasteiger partial charge on any atom is -0.269 e. The molecule has 2 rings (SSSR count). The summed E-state index contributed by atoms with van der Waals surface area (Å²) in [5.41, 5.74) is 2.64. The second-order valence-corrected chi connectivity index (χ2v) is 6.99. The smallest absolute Gasteiger partial charge is 0.264 e. The van der Waals surface area contributed by atoms with Gasteiger partial charge in [-0.2, -0.15) is 0 Å². The number of aromatic nitrogens is 1. The highest BCUT2D eigenvalue weighted by molar-refractivity contribution is 7.92. The molecule has 6 heteroatoms. The normalized spacial score (nSPS) is 11.4. The first kappa shape index (κ1) is 14.8. The molecule has 20 heavy (non-hydrogen) atoms. The van der Waals surface area contributed by atoms with Crippen molar-refractivity contribution in [3.8, 4) is 0 Å². The SMILES string of the molecule is Cc1cc(C)cc(N(C)S(=O)(=O)c2ccnc(Cl)c2)c1. The van der Waals surface area contributed by atoms with Crippen molar-refractivity contribution in [3.63, 3.8) is 0 Å². The van der Waals surface area contributed by atoms with Crippen LogP contribution in [0.3, 0.4) is 0 Å². The van der Waals surface area contributed by atoms with Crippen LogP contribution in [0.5, 0.6) is 0 Å². The zero-order chi connectivity index (χ0) is 14.9. The van der Waals surface area contributed by atoms with Crippen molar-refractivity contribution in [2.45, 2.75) is 18.7 Å². The van der Waals surface area contributed by atoms with Gasteiger partial charge in [-0.25, -0.2) is 13.4 Å². The predicted octanol–water partition coefficient (Wildman–Crippen LogP) is 3.18. The van der Waals surface area contributed by atoms with E-state index in [-0.39, 0.29) is 10.0 Å². The number of hydrogen-bond donors (Lipinski definition) is 0. The molecule has 4 nitrogen and oxygen atoms in total. The Balaban J connectivity index is 2.48. The van der Waals surface area contributed by atoms with E-state index in [1.54, 1.807) is 0 Å². The van der Waals surface area contributed by atoms with Gasteiger partial charge in [0.05, 0.1) is 10.6 Å². The van der Waals surface area contributed by atoms with Crippen molar-refractivity contribution in [2.24, 2.45) is 0 Å². The van der Waals surface area contributed by atoms with Gasteiger partial charge in [-0.3, -0.25) is 4.31 Å². The highest BCUT2D eigenvalue weighted by Crippen LogP contribution is 2.24. The second-order valence-electron chi connectivity index (χ2n) is 4.63. The van der Waals surface area contributed by atoms with Crippen molar-refractivity contribution in [3.05, 3.63) is 52.8 Å². The van der Waals surface area contributed by atoms with E-state index < -0.39 is 10.0 Å². The topological polar surface area (TPSA) is 50.3 Å². The number of rotatable bonds is 3. The van der Waals surface area contributed by atoms with Gasteiger partial charge in [-0.15, -0.1) is 0 Å². The first-order chi connectivity index (χ1) is 9.30. The largest absolute Gasteiger partial charge is 0.269 e. The molecule has 1 aromatic heterocycles. The molecule has 0 radical (unpaired) electrons. The molecule has 0 saturated carbocycles. The van der Waals surface area contributed by atoms with Gasteiger partial charge < -0.3 is 0 Å². The molecule has 0 fully saturated rings. The Morgan fingerprint density at radius 2 is 1.70 bits per heavy atom. The fourth-order valence-electron chi connectivity index (χ4n) is 1.97. The lowest BCUT2D eigenvalue weighted by molar-refractivity contribution is 0.594. The Labute approximate surface area is 124 Å². The van der Waals surface area contributed by atoms with Gasteiger partial charge in [0, 0.05) is 13.2 Å². The van der Waals surface area contributed by atoms with Gasteiger partial charge in [-0.1, -0.05) is 17.7 Å². The number of benzene rings is 1. The fraction of sp³-hybridized carbons (Fsp3) is 0.214. The number of nitrogens with zero attached hydrogens (tertiary/aromatic N) is 2. The van der Waals surface area contributed by atoms with E-state index in [0.29, 0.717) is 5.69 Å². The molecule has 0 aliphatic carbocycles. The summed E-state index contributed by atoms with van der Waals surface area (Å²) in [5.74, 6) is 0. The van der Waals surface area contributed by atoms with E-state index in [1.807, 2.05) is 32.0 Å². The number of aryl methyl sites for hydroxylation is 2. The first-order valence-corrected chi connectivity index (χ1v) is 7.81. The second kappa shape index (κ2) is 5.42. The lowest BCUT2D eigenvalue weighted by Crippen LogP contribution is -2.26. The van der Waals surface area contributed by atoms with Crippen LogP contribution in [0.4, 0.5) is 5.69 Å². The minimum absolute atomic E-state index is 0.124. The molecule has 1 heterocycles. The Hall–Kier alpha value is -1.59. The summed E-state index contributed by atoms with van der Waals surface area (Å²) >= 11 is 5.76. The van der Waals surface area contributed by atoms with Crippen molar-refractivity contribution < 1.29 is 8.42 Å². The van der Waals surface area contributed by atoms with E-state index in [0.717, 1.165) is 11.1 Å². The molecule has 0 spiro atoms. The van der Waals surface area contributed by atoms with E-state index in [2.05, 4.69) is 4.98 Å². The van der Waals surface area contributed by atoms with Crippen LogP contribution in [-0.4, -0.2) is 20.4 Å². The van der Waals surface area contributed by atoms with E-state index in [1.165, 1.54) is 29.7 Å². The summed E-state index contributed by atoms with van der Waals surface area (Å²) < 4.78 is 26.3. The number of hydrogen-bond acceptors (Lipinski definition) is 3. The molecule has 0 unspecified atom stereocenters. The maximum Gasteiger partial charge on any atom is 0.264 e.